The number of hydrogen-bond acceptors (Lipinski definition) is 1. The summed E-state index contributed by atoms with van der Waals surface area (Å²) in [6.45, 7) is 4.95. The topological polar surface area (TPSA) is 3.24 Å². The fraction of sp³-hybridized carbons (Fsp3) is 0.500. The predicted molar refractivity (Wildman–Crippen MR) is 81.1 cm³/mol. The van der Waals surface area contributed by atoms with Crippen LogP contribution in [0.15, 0.2) is 48.6 Å². The summed E-state index contributed by atoms with van der Waals surface area (Å²) in [7, 11) is 0. The molecule has 1 aliphatic carbocycles. The van der Waals surface area contributed by atoms with E-state index < -0.39 is 0 Å². The molecule has 1 nitrogen and oxygen atoms in total. The third kappa shape index (κ3) is 2.87. The Hall–Kier alpha value is -1.21. The van der Waals surface area contributed by atoms with Crippen LogP contribution in [0.2, 0.25) is 0 Å². The monoisotopic (exact) mass is 254 g/mol. The Morgan fingerprint density at radius 1 is 1.26 bits per heavy atom. The van der Waals surface area contributed by atoms with Gasteiger partial charge in [-0.15, -0.1) is 0 Å². The van der Waals surface area contributed by atoms with Crippen molar-refractivity contribution in [3.05, 3.63) is 54.1 Å². The molecule has 1 heterocycles. The smallest absolute Gasteiger partial charge is 0.00213 e. The first-order valence-corrected chi connectivity index (χ1v) is 7.65. The molecule has 1 aromatic carbocycles. The highest BCUT2D eigenvalue weighted by Crippen LogP contribution is 2.34. The van der Waals surface area contributed by atoms with Gasteiger partial charge in [0.05, 0.1) is 0 Å². The highest BCUT2D eigenvalue weighted by molar-refractivity contribution is 5.22. The van der Waals surface area contributed by atoms with Gasteiger partial charge in [-0.3, -0.25) is 0 Å². The van der Waals surface area contributed by atoms with Gasteiger partial charge in [0.2, 0.25) is 0 Å². The first kappa shape index (κ1) is 12.8. The Balaban J connectivity index is 1.71. The molecule has 0 amide bonds. The molecule has 102 valence electrons. The van der Waals surface area contributed by atoms with Crippen LogP contribution in [0.3, 0.4) is 0 Å². The Morgan fingerprint density at radius 3 is 2.63 bits per heavy atom. The zero-order valence-corrected chi connectivity index (χ0v) is 11.8. The zero-order valence-electron chi connectivity index (χ0n) is 11.8. The molecule has 0 bridgehead atoms. The fourth-order valence-electron chi connectivity index (χ4n) is 3.50. The lowest BCUT2D eigenvalue weighted by molar-refractivity contribution is 0.204. The van der Waals surface area contributed by atoms with Gasteiger partial charge in [-0.1, -0.05) is 31.2 Å². The third-order valence-electron chi connectivity index (χ3n) is 4.68. The molecule has 0 aromatic heterocycles. The maximum atomic E-state index is 2.69. The van der Waals surface area contributed by atoms with Gasteiger partial charge in [0.1, 0.15) is 0 Å². The van der Waals surface area contributed by atoms with Crippen molar-refractivity contribution in [2.24, 2.45) is 11.8 Å². The molecule has 0 N–H and O–H groups in total. The first-order chi connectivity index (χ1) is 9.34. The van der Waals surface area contributed by atoms with E-state index in [1.54, 1.807) is 0 Å². The van der Waals surface area contributed by atoms with Crippen LogP contribution in [-0.2, 0) is 0 Å². The summed E-state index contributed by atoms with van der Waals surface area (Å²) in [5.74, 6) is 1.36. The standard InChI is InChI=1S/C18H24N/c1-15(16-8-2-3-9-16)14-18(17-10-4-5-11-17)19-12-6-7-13-19/h2-5,8-11,15-16,18H,6-7,12-14H2,1H3/q-1. The minimum Gasteiger partial charge on any atom is -0.308 e. The van der Waals surface area contributed by atoms with Crippen molar-refractivity contribution in [3.63, 3.8) is 0 Å². The largest absolute Gasteiger partial charge is 0.308 e. The second-order valence-corrected chi connectivity index (χ2v) is 6.04. The minimum absolute atomic E-state index is 0.620. The number of hydrogen-bond donors (Lipinski definition) is 0. The van der Waals surface area contributed by atoms with Crippen LogP contribution in [0, 0.1) is 11.8 Å². The molecular formula is C18H24N-. The number of allylic oxidation sites excluding steroid dienone is 4. The van der Waals surface area contributed by atoms with Gasteiger partial charge in [0.25, 0.3) is 0 Å². The van der Waals surface area contributed by atoms with Crippen LogP contribution in [0.1, 0.15) is 37.8 Å². The molecule has 0 spiro atoms. The Kier molecular flexibility index (Phi) is 3.93. The molecule has 2 atom stereocenters. The van der Waals surface area contributed by atoms with E-state index in [1.807, 2.05) is 0 Å². The third-order valence-corrected chi connectivity index (χ3v) is 4.68. The molecule has 2 unspecified atom stereocenters. The van der Waals surface area contributed by atoms with Crippen LogP contribution in [0.5, 0.6) is 0 Å². The number of rotatable bonds is 5. The summed E-state index contributed by atoms with van der Waals surface area (Å²) in [5, 5.41) is 0. The number of likely N-dealkylation sites (tertiary alicyclic amines) is 1. The van der Waals surface area contributed by atoms with Crippen molar-refractivity contribution in [2.45, 2.75) is 32.2 Å². The van der Waals surface area contributed by atoms with Gasteiger partial charge in [0.15, 0.2) is 0 Å². The van der Waals surface area contributed by atoms with Gasteiger partial charge in [0, 0.05) is 0 Å². The lowest BCUT2D eigenvalue weighted by Crippen LogP contribution is -2.27. The molecule has 2 aliphatic rings. The average molecular weight is 254 g/mol. The molecule has 3 rings (SSSR count). The quantitative estimate of drug-likeness (QED) is 0.708. The van der Waals surface area contributed by atoms with Crippen molar-refractivity contribution in [1.82, 2.24) is 4.90 Å². The summed E-state index contributed by atoms with van der Waals surface area (Å²) in [4.78, 5) is 2.69. The average Bonchev–Trinajstić information content (AvgIpc) is 3.17. The van der Waals surface area contributed by atoms with E-state index in [-0.39, 0.29) is 0 Å². The molecule has 1 heteroatoms. The van der Waals surface area contributed by atoms with E-state index in [0.717, 1.165) is 5.92 Å². The minimum atomic E-state index is 0.620. The van der Waals surface area contributed by atoms with Crippen molar-refractivity contribution >= 4 is 0 Å². The highest BCUT2D eigenvalue weighted by atomic mass is 15.2. The summed E-state index contributed by atoms with van der Waals surface area (Å²) in [6.07, 6.45) is 13.1. The van der Waals surface area contributed by atoms with Crippen molar-refractivity contribution < 1.29 is 0 Å². The lowest BCUT2D eigenvalue weighted by atomic mass is 9.87. The molecule has 0 radical (unpaired) electrons. The van der Waals surface area contributed by atoms with E-state index in [4.69, 9.17) is 0 Å². The second-order valence-electron chi connectivity index (χ2n) is 6.04. The summed E-state index contributed by atoms with van der Waals surface area (Å²) < 4.78 is 0. The lowest BCUT2D eigenvalue weighted by Gasteiger charge is -2.34. The van der Waals surface area contributed by atoms with Crippen LogP contribution in [0.25, 0.3) is 0 Å². The predicted octanol–water partition coefficient (Wildman–Crippen LogP) is 4.31. The van der Waals surface area contributed by atoms with Crippen LogP contribution in [0.4, 0.5) is 0 Å². The molecular weight excluding hydrogens is 230 g/mol. The molecule has 0 saturated carbocycles. The van der Waals surface area contributed by atoms with Crippen LogP contribution in [-0.4, -0.2) is 18.0 Å². The van der Waals surface area contributed by atoms with E-state index in [2.05, 4.69) is 60.4 Å². The fourth-order valence-corrected chi connectivity index (χ4v) is 3.50. The molecule has 1 aliphatic heterocycles. The SMILES string of the molecule is CC(CC(c1cc[cH-]c1)N1CCCC1)C1C=CC=C1. The summed E-state index contributed by atoms with van der Waals surface area (Å²) >= 11 is 0. The Labute approximate surface area is 117 Å². The van der Waals surface area contributed by atoms with Crippen molar-refractivity contribution in [1.29, 1.82) is 0 Å². The van der Waals surface area contributed by atoms with Crippen molar-refractivity contribution in [2.75, 3.05) is 13.1 Å². The Bertz CT molecular complexity index is 422. The van der Waals surface area contributed by atoms with Crippen LogP contribution < -0.4 is 0 Å². The molecule has 1 saturated heterocycles. The van der Waals surface area contributed by atoms with E-state index >= 15 is 0 Å². The van der Waals surface area contributed by atoms with E-state index in [1.165, 1.54) is 37.9 Å². The van der Waals surface area contributed by atoms with Crippen LogP contribution >= 0.6 is 0 Å². The molecule has 1 fully saturated rings. The van der Waals surface area contributed by atoms with Crippen molar-refractivity contribution in [3.8, 4) is 0 Å². The Morgan fingerprint density at radius 2 is 2.00 bits per heavy atom. The van der Waals surface area contributed by atoms with Gasteiger partial charge < -0.3 is 4.90 Å². The molecule has 19 heavy (non-hydrogen) atoms. The second kappa shape index (κ2) is 5.83. The maximum absolute atomic E-state index is 2.69. The molecule has 1 aromatic rings. The highest BCUT2D eigenvalue weighted by Gasteiger charge is 2.24. The number of nitrogens with zero attached hydrogens (tertiary/aromatic N) is 1. The zero-order chi connectivity index (χ0) is 13.1. The van der Waals surface area contributed by atoms with E-state index in [0.29, 0.717) is 12.0 Å². The van der Waals surface area contributed by atoms with Gasteiger partial charge in [-0.05, 0) is 50.2 Å². The summed E-state index contributed by atoms with van der Waals surface area (Å²) in [5.41, 5.74) is 1.51. The van der Waals surface area contributed by atoms with E-state index in [9.17, 15) is 0 Å². The first-order valence-electron chi connectivity index (χ1n) is 7.65. The summed E-state index contributed by atoms with van der Waals surface area (Å²) in [6, 6.07) is 9.58. The van der Waals surface area contributed by atoms with Gasteiger partial charge in [-0.25, -0.2) is 6.07 Å². The normalized spacial score (nSPS) is 23.2. The van der Waals surface area contributed by atoms with Gasteiger partial charge in [-0.2, -0.15) is 23.8 Å². The maximum Gasteiger partial charge on any atom is -0.00213 e. The van der Waals surface area contributed by atoms with Gasteiger partial charge >= 0.3 is 0 Å².